The van der Waals surface area contributed by atoms with Crippen molar-refractivity contribution in [3.05, 3.63) is 47.3 Å². The molecule has 0 bridgehead atoms. The molecular formula is C15H16N2O2. The Morgan fingerprint density at radius 3 is 3.05 bits per heavy atom. The first-order chi connectivity index (χ1) is 9.22. The van der Waals surface area contributed by atoms with Gasteiger partial charge in [-0.1, -0.05) is 6.07 Å². The van der Waals surface area contributed by atoms with E-state index in [1.165, 1.54) is 0 Å². The summed E-state index contributed by atoms with van der Waals surface area (Å²) in [6, 6.07) is 5.81. The van der Waals surface area contributed by atoms with Crippen LogP contribution in [-0.4, -0.2) is 15.6 Å². The van der Waals surface area contributed by atoms with Crippen molar-refractivity contribution >= 4 is 5.78 Å². The number of hydrogen-bond donors (Lipinski definition) is 0. The number of carbonyl (C=O) groups is 1. The molecule has 19 heavy (non-hydrogen) atoms. The molecule has 0 amide bonds. The number of nitrogens with zero attached hydrogens (tertiary/aromatic N) is 2. The molecule has 0 saturated carbocycles. The molecule has 0 aliphatic heterocycles. The van der Waals surface area contributed by atoms with Gasteiger partial charge in [-0.25, -0.2) is 0 Å². The van der Waals surface area contributed by atoms with Crippen LogP contribution in [0.5, 0.6) is 5.75 Å². The SMILES string of the molecule is Cn1cc(COc2ccc3c(c2)C(=O)CCC3)cn1. The van der Waals surface area contributed by atoms with Gasteiger partial charge < -0.3 is 4.74 Å². The molecule has 98 valence electrons. The highest BCUT2D eigenvalue weighted by molar-refractivity contribution is 5.98. The van der Waals surface area contributed by atoms with Crippen molar-refractivity contribution in [1.29, 1.82) is 0 Å². The molecular weight excluding hydrogens is 240 g/mol. The summed E-state index contributed by atoms with van der Waals surface area (Å²) in [7, 11) is 1.88. The molecule has 1 aliphatic rings. The van der Waals surface area contributed by atoms with Crippen molar-refractivity contribution in [2.75, 3.05) is 0 Å². The number of hydrogen-bond acceptors (Lipinski definition) is 3. The normalized spacial score (nSPS) is 14.3. The van der Waals surface area contributed by atoms with Gasteiger partial charge in [0.05, 0.1) is 6.20 Å². The molecule has 0 atom stereocenters. The van der Waals surface area contributed by atoms with Gasteiger partial charge in [0.25, 0.3) is 0 Å². The van der Waals surface area contributed by atoms with Crippen LogP contribution >= 0.6 is 0 Å². The summed E-state index contributed by atoms with van der Waals surface area (Å²) in [6.45, 7) is 0.473. The lowest BCUT2D eigenvalue weighted by molar-refractivity contribution is 0.0972. The summed E-state index contributed by atoms with van der Waals surface area (Å²) in [5, 5.41) is 4.09. The summed E-state index contributed by atoms with van der Waals surface area (Å²) >= 11 is 0. The molecule has 0 radical (unpaired) electrons. The van der Waals surface area contributed by atoms with E-state index in [0.29, 0.717) is 13.0 Å². The second kappa shape index (κ2) is 4.88. The predicted octanol–water partition coefficient (Wildman–Crippen LogP) is 2.52. The van der Waals surface area contributed by atoms with Crippen molar-refractivity contribution in [1.82, 2.24) is 9.78 Å². The van der Waals surface area contributed by atoms with Gasteiger partial charge in [0.15, 0.2) is 5.78 Å². The van der Waals surface area contributed by atoms with E-state index in [9.17, 15) is 4.79 Å². The number of rotatable bonds is 3. The minimum atomic E-state index is 0.230. The maximum atomic E-state index is 11.8. The number of carbonyl (C=O) groups excluding carboxylic acids is 1. The van der Waals surface area contributed by atoms with Gasteiger partial charge in [0, 0.05) is 30.8 Å². The van der Waals surface area contributed by atoms with Gasteiger partial charge in [-0.05, 0) is 30.5 Å². The fourth-order valence-electron chi connectivity index (χ4n) is 2.41. The Hall–Kier alpha value is -2.10. The maximum absolute atomic E-state index is 11.8. The maximum Gasteiger partial charge on any atom is 0.163 e. The molecule has 0 saturated heterocycles. The van der Waals surface area contributed by atoms with Crippen molar-refractivity contribution < 1.29 is 9.53 Å². The largest absolute Gasteiger partial charge is 0.489 e. The number of Topliss-reactive ketones (excluding diaryl/α,β-unsaturated/α-hetero) is 1. The third kappa shape index (κ3) is 2.52. The molecule has 1 heterocycles. The molecule has 1 aromatic carbocycles. The van der Waals surface area contributed by atoms with Crippen LogP contribution in [0, 0.1) is 0 Å². The molecule has 3 rings (SSSR count). The second-order valence-corrected chi connectivity index (χ2v) is 4.91. The van der Waals surface area contributed by atoms with Gasteiger partial charge in [-0.2, -0.15) is 5.10 Å². The van der Waals surface area contributed by atoms with Crippen molar-refractivity contribution in [2.45, 2.75) is 25.9 Å². The number of aromatic nitrogens is 2. The van der Waals surface area contributed by atoms with Crippen LogP contribution in [0.2, 0.25) is 0 Å². The van der Waals surface area contributed by atoms with E-state index in [0.717, 1.165) is 35.3 Å². The Bertz CT molecular complexity index is 616. The lowest BCUT2D eigenvalue weighted by atomic mass is 9.90. The third-order valence-electron chi connectivity index (χ3n) is 3.40. The van der Waals surface area contributed by atoms with E-state index in [2.05, 4.69) is 5.10 Å². The smallest absolute Gasteiger partial charge is 0.163 e. The van der Waals surface area contributed by atoms with Gasteiger partial charge in [0.2, 0.25) is 0 Å². The predicted molar refractivity (Wildman–Crippen MR) is 71.3 cm³/mol. The van der Waals surface area contributed by atoms with Gasteiger partial charge in [-0.15, -0.1) is 0 Å². The Balaban J connectivity index is 1.75. The van der Waals surface area contributed by atoms with E-state index < -0.39 is 0 Å². The molecule has 4 heteroatoms. The van der Waals surface area contributed by atoms with Crippen LogP contribution in [0.1, 0.15) is 34.3 Å². The highest BCUT2D eigenvalue weighted by Crippen LogP contribution is 2.25. The molecule has 4 nitrogen and oxygen atoms in total. The standard InChI is InChI=1S/C15H16N2O2/c1-17-9-11(8-16-17)10-19-13-6-5-12-3-2-4-15(18)14(12)7-13/h5-9H,2-4,10H2,1H3. The lowest BCUT2D eigenvalue weighted by Gasteiger charge is -2.15. The van der Waals surface area contributed by atoms with Gasteiger partial charge in [0.1, 0.15) is 12.4 Å². The summed E-state index contributed by atoms with van der Waals surface area (Å²) in [5.74, 6) is 0.978. The lowest BCUT2D eigenvalue weighted by Crippen LogP contribution is -2.10. The molecule has 0 spiro atoms. The number of fused-ring (bicyclic) bond motifs is 1. The Labute approximate surface area is 112 Å². The van der Waals surface area contributed by atoms with Crippen LogP contribution < -0.4 is 4.74 Å². The Morgan fingerprint density at radius 2 is 2.26 bits per heavy atom. The third-order valence-corrected chi connectivity index (χ3v) is 3.40. The van der Waals surface area contributed by atoms with Gasteiger partial charge in [-0.3, -0.25) is 9.48 Å². The van der Waals surface area contributed by atoms with Crippen molar-refractivity contribution in [2.24, 2.45) is 7.05 Å². The number of aryl methyl sites for hydroxylation is 2. The van der Waals surface area contributed by atoms with Crippen LogP contribution in [-0.2, 0) is 20.1 Å². The van der Waals surface area contributed by atoms with E-state index in [4.69, 9.17) is 4.74 Å². The average molecular weight is 256 g/mol. The molecule has 0 N–H and O–H groups in total. The van der Waals surface area contributed by atoms with Crippen LogP contribution in [0.25, 0.3) is 0 Å². The zero-order chi connectivity index (χ0) is 13.2. The van der Waals surface area contributed by atoms with Crippen LogP contribution in [0.3, 0.4) is 0 Å². The summed E-state index contributed by atoms with van der Waals surface area (Å²) in [4.78, 5) is 11.8. The minimum absolute atomic E-state index is 0.230. The number of ether oxygens (including phenoxy) is 1. The zero-order valence-corrected chi connectivity index (χ0v) is 10.9. The molecule has 2 aromatic rings. The van der Waals surface area contributed by atoms with E-state index in [-0.39, 0.29) is 5.78 Å². The fraction of sp³-hybridized carbons (Fsp3) is 0.333. The molecule has 1 aromatic heterocycles. The monoisotopic (exact) mass is 256 g/mol. The molecule has 1 aliphatic carbocycles. The van der Waals surface area contributed by atoms with Crippen molar-refractivity contribution in [3.8, 4) is 5.75 Å². The first-order valence-electron chi connectivity index (χ1n) is 6.49. The van der Waals surface area contributed by atoms with E-state index in [1.807, 2.05) is 31.4 Å². The number of ketones is 1. The van der Waals surface area contributed by atoms with Crippen molar-refractivity contribution in [3.63, 3.8) is 0 Å². The first-order valence-corrected chi connectivity index (χ1v) is 6.49. The highest BCUT2D eigenvalue weighted by Gasteiger charge is 2.17. The average Bonchev–Trinajstić information content (AvgIpc) is 2.83. The molecule has 0 fully saturated rings. The Morgan fingerprint density at radius 1 is 1.37 bits per heavy atom. The Kier molecular flexibility index (Phi) is 3.07. The van der Waals surface area contributed by atoms with Crippen LogP contribution in [0.4, 0.5) is 0 Å². The zero-order valence-electron chi connectivity index (χ0n) is 10.9. The fourth-order valence-corrected chi connectivity index (χ4v) is 2.41. The minimum Gasteiger partial charge on any atom is -0.489 e. The summed E-state index contributed by atoms with van der Waals surface area (Å²) < 4.78 is 7.46. The van der Waals surface area contributed by atoms with E-state index >= 15 is 0 Å². The summed E-state index contributed by atoms with van der Waals surface area (Å²) in [6.07, 6.45) is 6.30. The topological polar surface area (TPSA) is 44.1 Å². The quantitative estimate of drug-likeness (QED) is 0.847. The van der Waals surface area contributed by atoms with Gasteiger partial charge >= 0.3 is 0 Å². The highest BCUT2D eigenvalue weighted by atomic mass is 16.5. The molecule has 0 unspecified atom stereocenters. The first kappa shape index (κ1) is 12.0. The van der Waals surface area contributed by atoms with E-state index in [1.54, 1.807) is 10.9 Å². The summed E-state index contributed by atoms with van der Waals surface area (Å²) in [5.41, 5.74) is 2.99. The van der Waals surface area contributed by atoms with Crippen LogP contribution in [0.15, 0.2) is 30.6 Å². The second-order valence-electron chi connectivity index (χ2n) is 4.91. The number of benzene rings is 1.